The van der Waals surface area contributed by atoms with Gasteiger partial charge in [0.15, 0.2) is 0 Å². The number of carbonyl (C=O) groups excluding carboxylic acids is 2. The van der Waals surface area contributed by atoms with Gasteiger partial charge in [0.2, 0.25) is 0 Å². The minimum absolute atomic E-state index is 0.168. The van der Waals surface area contributed by atoms with Crippen LogP contribution in [-0.4, -0.2) is 11.9 Å². The maximum absolute atomic E-state index is 11.8. The first-order valence-corrected chi connectivity index (χ1v) is 9.60. The molecule has 1 aliphatic heterocycles. The maximum Gasteiger partial charge on any atom is 0.317 e. The van der Waals surface area contributed by atoms with Crippen LogP contribution in [0.4, 0.5) is 0 Å². The lowest BCUT2D eigenvalue weighted by Gasteiger charge is -2.16. The van der Waals surface area contributed by atoms with E-state index in [0.717, 1.165) is 19.3 Å². The Balaban J connectivity index is 2.37. The standard InChI is InChI=1S/C20H34O3/c1-3-5-7-9-10-11-13-15-17(14-12-8-6-4-2)18-16-19(21)23-20(18)22/h12,14,17-18H,3-11,13,15-16H2,1-2H3/b14-12+. The molecule has 3 nitrogen and oxygen atoms in total. The molecular formula is C20H34O3. The van der Waals surface area contributed by atoms with Crippen LogP contribution >= 0.6 is 0 Å². The topological polar surface area (TPSA) is 43.4 Å². The average molecular weight is 322 g/mol. The number of cyclic esters (lactones) is 2. The highest BCUT2D eigenvalue weighted by Gasteiger charge is 2.37. The Labute approximate surface area is 141 Å². The number of carbonyl (C=O) groups is 2. The van der Waals surface area contributed by atoms with Crippen LogP contribution in [0.5, 0.6) is 0 Å². The molecule has 1 heterocycles. The van der Waals surface area contributed by atoms with E-state index in [1.807, 2.05) is 0 Å². The number of ether oxygens (including phenoxy) is 1. The molecule has 0 N–H and O–H groups in total. The summed E-state index contributed by atoms with van der Waals surface area (Å²) in [7, 11) is 0. The molecule has 0 aromatic heterocycles. The van der Waals surface area contributed by atoms with E-state index in [2.05, 4.69) is 26.0 Å². The van der Waals surface area contributed by atoms with Gasteiger partial charge in [-0.25, -0.2) is 0 Å². The summed E-state index contributed by atoms with van der Waals surface area (Å²) in [5.74, 6) is -0.753. The highest BCUT2D eigenvalue weighted by Crippen LogP contribution is 2.30. The molecule has 0 bridgehead atoms. The molecule has 0 aliphatic carbocycles. The van der Waals surface area contributed by atoms with Crippen molar-refractivity contribution >= 4 is 11.9 Å². The maximum atomic E-state index is 11.8. The Morgan fingerprint density at radius 2 is 1.65 bits per heavy atom. The van der Waals surface area contributed by atoms with Crippen LogP contribution in [0.15, 0.2) is 12.2 Å². The van der Waals surface area contributed by atoms with Crippen molar-refractivity contribution in [3.63, 3.8) is 0 Å². The summed E-state index contributed by atoms with van der Waals surface area (Å²) in [6.45, 7) is 4.41. The number of rotatable bonds is 13. The Morgan fingerprint density at radius 1 is 1.00 bits per heavy atom. The first-order valence-electron chi connectivity index (χ1n) is 9.60. The molecule has 3 heteroatoms. The Morgan fingerprint density at radius 3 is 2.26 bits per heavy atom. The molecule has 0 saturated carbocycles. The lowest BCUT2D eigenvalue weighted by molar-refractivity contribution is -0.153. The molecule has 0 spiro atoms. The van der Waals surface area contributed by atoms with Crippen LogP contribution < -0.4 is 0 Å². The normalized spacial score (nSPS) is 19.5. The van der Waals surface area contributed by atoms with Crippen molar-refractivity contribution in [2.75, 3.05) is 0 Å². The van der Waals surface area contributed by atoms with E-state index in [1.54, 1.807) is 0 Å². The van der Waals surface area contributed by atoms with Crippen molar-refractivity contribution < 1.29 is 14.3 Å². The van der Waals surface area contributed by atoms with Crippen LogP contribution in [0.2, 0.25) is 0 Å². The van der Waals surface area contributed by atoms with Crippen LogP contribution in [0.25, 0.3) is 0 Å². The van der Waals surface area contributed by atoms with Crippen LogP contribution in [0.3, 0.4) is 0 Å². The minimum Gasteiger partial charge on any atom is -0.393 e. The van der Waals surface area contributed by atoms with E-state index >= 15 is 0 Å². The third kappa shape index (κ3) is 8.34. The molecule has 0 radical (unpaired) electrons. The summed E-state index contributed by atoms with van der Waals surface area (Å²) in [6, 6.07) is 0. The summed E-state index contributed by atoms with van der Waals surface area (Å²) in [6.07, 6.45) is 17.9. The van der Waals surface area contributed by atoms with Gasteiger partial charge in [-0.1, -0.05) is 83.8 Å². The van der Waals surface area contributed by atoms with Gasteiger partial charge in [0.25, 0.3) is 0 Å². The molecular weight excluding hydrogens is 288 g/mol. The lowest BCUT2D eigenvalue weighted by atomic mass is 9.86. The summed E-state index contributed by atoms with van der Waals surface area (Å²) in [4.78, 5) is 23.2. The molecule has 2 unspecified atom stereocenters. The summed E-state index contributed by atoms with van der Waals surface area (Å²) in [5, 5.41) is 0. The quantitative estimate of drug-likeness (QED) is 0.192. The van der Waals surface area contributed by atoms with Gasteiger partial charge in [-0.2, -0.15) is 0 Å². The predicted molar refractivity (Wildman–Crippen MR) is 94.0 cm³/mol. The Hall–Kier alpha value is -1.12. The van der Waals surface area contributed by atoms with E-state index in [9.17, 15) is 9.59 Å². The molecule has 1 saturated heterocycles. The smallest absolute Gasteiger partial charge is 0.317 e. The van der Waals surface area contributed by atoms with Gasteiger partial charge in [-0.15, -0.1) is 0 Å². The zero-order valence-corrected chi connectivity index (χ0v) is 15.0. The third-order valence-electron chi connectivity index (χ3n) is 4.67. The van der Waals surface area contributed by atoms with E-state index in [4.69, 9.17) is 4.74 Å². The second-order valence-corrected chi connectivity index (χ2v) is 6.75. The molecule has 0 amide bonds. The number of esters is 2. The number of hydrogen-bond acceptors (Lipinski definition) is 3. The van der Waals surface area contributed by atoms with Crippen molar-refractivity contribution in [2.45, 2.75) is 90.9 Å². The average Bonchev–Trinajstić information content (AvgIpc) is 2.87. The monoisotopic (exact) mass is 322 g/mol. The summed E-state index contributed by atoms with van der Waals surface area (Å²) in [5.41, 5.74) is 0. The molecule has 2 atom stereocenters. The Bertz CT molecular complexity index is 373. The van der Waals surface area contributed by atoms with E-state index in [0.29, 0.717) is 0 Å². The van der Waals surface area contributed by atoms with Crippen molar-refractivity contribution in [3.05, 3.63) is 12.2 Å². The van der Waals surface area contributed by atoms with Gasteiger partial charge < -0.3 is 4.74 Å². The molecule has 0 aromatic carbocycles. The highest BCUT2D eigenvalue weighted by molar-refractivity contribution is 5.94. The fraction of sp³-hybridized carbons (Fsp3) is 0.800. The largest absolute Gasteiger partial charge is 0.393 e. The highest BCUT2D eigenvalue weighted by atomic mass is 16.6. The van der Waals surface area contributed by atoms with Crippen molar-refractivity contribution in [3.8, 4) is 0 Å². The van der Waals surface area contributed by atoms with E-state index in [-0.39, 0.29) is 30.2 Å². The predicted octanol–water partition coefficient (Wildman–Crippen LogP) is 5.58. The number of allylic oxidation sites excluding steroid dienone is 2. The first kappa shape index (κ1) is 19.9. The number of hydrogen-bond donors (Lipinski definition) is 0. The Kier molecular flexibility index (Phi) is 10.7. The second-order valence-electron chi connectivity index (χ2n) is 6.75. The molecule has 1 rings (SSSR count). The van der Waals surface area contributed by atoms with Gasteiger partial charge >= 0.3 is 11.9 Å². The van der Waals surface area contributed by atoms with Gasteiger partial charge in [0.1, 0.15) is 0 Å². The van der Waals surface area contributed by atoms with Crippen molar-refractivity contribution in [1.29, 1.82) is 0 Å². The van der Waals surface area contributed by atoms with Gasteiger partial charge in [0, 0.05) is 0 Å². The molecule has 0 aromatic rings. The van der Waals surface area contributed by atoms with Crippen LogP contribution in [0.1, 0.15) is 90.9 Å². The summed E-state index contributed by atoms with van der Waals surface area (Å²) >= 11 is 0. The SMILES string of the molecule is CCCC/C=C/C(CCCCCCCCC)C1CC(=O)OC1=O. The fourth-order valence-electron chi connectivity index (χ4n) is 3.18. The van der Waals surface area contributed by atoms with Crippen LogP contribution in [0, 0.1) is 11.8 Å². The lowest BCUT2D eigenvalue weighted by Crippen LogP contribution is -2.18. The van der Waals surface area contributed by atoms with Crippen LogP contribution in [-0.2, 0) is 14.3 Å². The van der Waals surface area contributed by atoms with Crippen molar-refractivity contribution in [2.24, 2.45) is 11.8 Å². The molecule has 1 aliphatic rings. The molecule has 132 valence electrons. The summed E-state index contributed by atoms with van der Waals surface area (Å²) < 4.78 is 4.74. The molecule has 1 fully saturated rings. The van der Waals surface area contributed by atoms with Crippen molar-refractivity contribution in [1.82, 2.24) is 0 Å². The minimum atomic E-state index is -0.355. The fourth-order valence-corrected chi connectivity index (χ4v) is 3.18. The van der Waals surface area contributed by atoms with Gasteiger partial charge in [-0.3, -0.25) is 9.59 Å². The van der Waals surface area contributed by atoms with Gasteiger partial charge in [-0.05, 0) is 18.8 Å². The first-order chi connectivity index (χ1) is 11.2. The molecule has 23 heavy (non-hydrogen) atoms. The zero-order valence-electron chi connectivity index (χ0n) is 15.0. The van der Waals surface area contributed by atoms with E-state index in [1.165, 1.54) is 51.4 Å². The number of unbranched alkanes of at least 4 members (excludes halogenated alkanes) is 8. The third-order valence-corrected chi connectivity index (χ3v) is 4.67. The second kappa shape index (κ2) is 12.3. The van der Waals surface area contributed by atoms with Gasteiger partial charge in [0.05, 0.1) is 12.3 Å². The zero-order chi connectivity index (χ0) is 16.9. The van der Waals surface area contributed by atoms with E-state index < -0.39 is 0 Å².